The maximum atomic E-state index is 10.6. The van der Waals surface area contributed by atoms with Crippen LogP contribution in [0.4, 0.5) is 0 Å². The van der Waals surface area contributed by atoms with Crippen LogP contribution in [0.25, 0.3) is 5.65 Å². The Labute approximate surface area is 192 Å². The first-order chi connectivity index (χ1) is 14.1. The second-order valence-electron chi connectivity index (χ2n) is 6.28. The lowest BCUT2D eigenvalue weighted by Crippen LogP contribution is -2.39. The Bertz CT molecular complexity index is 956. The number of aromatic nitrogens is 3. The van der Waals surface area contributed by atoms with Gasteiger partial charge in [-0.2, -0.15) is 0 Å². The molecule has 0 saturated carbocycles. The van der Waals surface area contributed by atoms with E-state index < -0.39 is 6.10 Å². The van der Waals surface area contributed by atoms with Crippen molar-refractivity contribution < 1.29 is 14.6 Å². The van der Waals surface area contributed by atoms with Gasteiger partial charge in [-0.3, -0.25) is 4.40 Å². The van der Waals surface area contributed by atoms with E-state index in [1.54, 1.807) is 32.4 Å². The zero-order chi connectivity index (χ0) is 20.6. The fourth-order valence-corrected chi connectivity index (χ4v) is 2.82. The predicted octanol–water partition coefficient (Wildman–Crippen LogP) is 2.15. The van der Waals surface area contributed by atoms with Gasteiger partial charge in [0.1, 0.15) is 18.0 Å². The van der Waals surface area contributed by atoms with E-state index in [9.17, 15) is 5.11 Å². The molecule has 1 atom stereocenters. The molecule has 1 unspecified atom stereocenters. The Hall–Kier alpha value is -2.60. The van der Waals surface area contributed by atoms with Crippen molar-refractivity contribution in [1.29, 1.82) is 0 Å². The smallest absolute Gasteiger partial charge is 0.191 e. The lowest BCUT2D eigenvalue weighted by atomic mass is 10.1. The highest BCUT2D eigenvalue weighted by molar-refractivity contribution is 14.0. The van der Waals surface area contributed by atoms with E-state index in [0.717, 1.165) is 11.5 Å². The number of nitrogens with one attached hydrogen (secondary N) is 2. The molecule has 2 aromatic heterocycles. The molecule has 0 spiro atoms. The van der Waals surface area contributed by atoms with Crippen molar-refractivity contribution in [2.45, 2.75) is 19.6 Å². The molecule has 0 bridgehead atoms. The van der Waals surface area contributed by atoms with E-state index >= 15 is 0 Å². The number of nitrogens with zero attached hydrogens (tertiary/aromatic N) is 4. The molecule has 0 radical (unpaired) electrons. The van der Waals surface area contributed by atoms with E-state index in [1.165, 1.54) is 0 Å². The van der Waals surface area contributed by atoms with E-state index in [0.29, 0.717) is 36.1 Å². The summed E-state index contributed by atoms with van der Waals surface area (Å²) in [5.41, 5.74) is 1.46. The first-order valence-corrected chi connectivity index (χ1v) is 9.36. The molecule has 162 valence electrons. The number of methoxy groups -OCH3 is 2. The molecule has 3 N–H and O–H groups in total. The third kappa shape index (κ3) is 5.95. The van der Waals surface area contributed by atoms with Gasteiger partial charge in [0.2, 0.25) is 0 Å². The number of hydrogen-bond acceptors (Lipinski definition) is 6. The largest absolute Gasteiger partial charge is 0.497 e. The van der Waals surface area contributed by atoms with Gasteiger partial charge in [-0.25, -0.2) is 4.99 Å². The van der Waals surface area contributed by atoms with Crippen molar-refractivity contribution in [2.75, 3.05) is 27.3 Å². The first kappa shape index (κ1) is 23.7. The van der Waals surface area contributed by atoms with Crippen molar-refractivity contribution >= 4 is 35.6 Å². The highest BCUT2D eigenvalue weighted by Gasteiger charge is 2.12. The normalized spacial score (nSPS) is 12.2. The van der Waals surface area contributed by atoms with Crippen LogP contribution < -0.4 is 20.1 Å². The highest BCUT2D eigenvalue weighted by atomic mass is 127. The van der Waals surface area contributed by atoms with Gasteiger partial charge in [0.25, 0.3) is 0 Å². The maximum absolute atomic E-state index is 10.6. The minimum atomic E-state index is -0.767. The van der Waals surface area contributed by atoms with Gasteiger partial charge in [-0.15, -0.1) is 34.2 Å². The van der Waals surface area contributed by atoms with Crippen LogP contribution in [0.2, 0.25) is 0 Å². The second-order valence-corrected chi connectivity index (χ2v) is 6.28. The van der Waals surface area contributed by atoms with Crippen molar-refractivity contribution in [3.05, 3.63) is 54.0 Å². The number of guanidine groups is 1. The van der Waals surface area contributed by atoms with Crippen molar-refractivity contribution in [2.24, 2.45) is 4.99 Å². The molecule has 30 heavy (non-hydrogen) atoms. The van der Waals surface area contributed by atoms with E-state index in [1.807, 2.05) is 35.7 Å². The van der Waals surface area contributed by atoms with Gasteiger partial charge in [-0.05, 0) is 36.8 Å². The Balaban J connectivity index is 0.00000320. The first-order valence-electron chi connectivity index (χ1n) is 9.36. The lowest BCUT2D eigenvalue weighted by molar-refractivity contribution is 0.180. The summed E-state index contributed by atoms with van der Waals surface area (Å²) in [4.78, 5) is 4.55. The maximum Gasteiger partial charge on any atom is 0.191 e. The summed E-state index contributed by atoms with van der Waals surface area (Å²) in [6.45, 7) is 3.29. The van der Waals surface area contributed by atoms with E-state index in [4.69, 9.17) is 9.47 Å². The average molecular weight is 526 g/mol. The monoisotopic (exact) mass is 526 g/mol. The Morgan fingerprint density at radius 2 is 1.87 bits per heavy atom. The minimum Gasteiger partial charge on any atom is -0.497 e. The predicted molar refractivity (Wildman–Crippen MR) is 126 cm³/mol. The topological polar surface area (TPSA) is 105 Å². The van der Waals surface area contributed by atoms with Gasteiger partial charge in [0.15, 0.2) is 17.4 Å². The quantitative estimate of drug-likeness (QED) is 0.235. The Morgan fingerprint density at radius 3 is 2.53 bits per heavy atom. The lowest BCUT2D eigenvalue weighted by Gasteiger charge is -2.17. The van der Waals surface area contributed by atoms with Crippen molar-refractivity contribution in [3.8, 4) is 11.5 Å². The van der Waals surface area contributed by atoms with Gasteiger partial charge in [-0.1, -0.05) is 6.07 Å². The summed E-state index contributed by atoms with van der Waals surface area (Å²) < 4.78 is 12.4. The zero-order valence-corrected chi connectivity index (χ0v) is 19.5. The molecule has 2 heterocycles. The average Bonchev–Trinajstić information content (AvgIpc) is 3.18. The molecule has 1 aromatic carbocycles. The second kappa shape index (κ2) is 11.6. The number of benzene rings is 1. The molecule has 10 heteroatoms. The van der Waals surface area contributed by atoms with Gasteiger partial charge < -0.3 is 25.2 Å². The van der Waals surface area contributed by atoms with Crippen LogP contribution in [0.15, 0.2) is 47.6 Å². The highest BCUT2D eigenvalue weighted by Crippen LogP contribution is 2.26. The van der Waals surface area contributed by atoms with Crippen LogP contribution in [0.3, 0.4) is 0 Å². The Morgan fingerprint density at radius 1 is 1.13 bits per heavy atom. The molecule has 0 aliphatic rings. The van der Waals surface area contributed by atoms with Crippen LogP contribution >= 0.6 is 24.0 Å². The van der Waals surface area contributed by atoms with Gasteiger partial charge in [0.05, 0.1) is 20.3 Å². The SMILES string of the molecule is CCNC(=NCc1nnc2ccccn12)NCC(O)c1cc(OC)cc(OC)c1.I. The van der Waals surface area contributed by atoms with Crippen LogP contribution in [-0.2, 0) is 6.54 Å². The summed E-state index contributed by atoms with van der Waals surface area (Å²) in [5, 5.41) is 25.2. The number of aliphatic hydroxyl groups excluding tert-OH is 1. The van der Waals surface area contributed by atoms with Crippen LogP contribution in [0.5, 0.6) is 11.5 Å². The number of ether oxygens (including phenoxy) is 2. The van der Waals surface area contributed by atoms with Crippen molar-refractivity contribution in [3.63, 3.8) is 0 Å². The minimum absolute atomic E-state index is 0. The summed E-state index contributed by atoms with van der Waals surface area (Å²) in [6.07, 6.45) is 1.14. The third-order valence-corrected chi connectivity index (χ3v) is 4.33. The molecule has 0 aliphatic carbocycles. The van der Waals surface area contributed by atoms with Crippen LogP contribution in [0, 0.1) is 0 Å². The molecule has 3 rings (SSSR count). The number of rotatable bonds is 8. The fourth-order valence-electron chi connectivity index (χ4n) is 2.82. The summed E-state index contributed by atoms with van der Waals surface area (Å²) >= 11 is 0. The number of hydrogen-bond donors (Lipinski definition) is 3. The number of halogens is 1. The summed E-state index contributed by atoms with van der Waals surface area (Å²) in [5.74, 6) is 2.56. The molecule has 0 fully saturated rings. The molecule has 0 amide bonds. The van der Waals surface area contributed by atoms with Gasteiger partial charge >= 0.3 is 0 Å². The fraction of sp³-hybridized carbons (Fsp3) is 0.350. The summed E-state index contributed by atoms with van der Waals surface area (Å²) in [7, 11) is 3.15. The molecular formula is C20H27IN6O3. The molecule has 9 nitrogen and oxygen atoms in total. The number of pyridine rings is 1. The molecule has 3 aromatic rings. The van der Waals surface area contributed by atoms with Crippen LogP contribution in [0.1, 0.15) is 24.4 Å². The number of fused-ring (bicyclic) bond motifs is 1. The molecule has 0 aliphatic heterocycles. The van der Waals surface area contributed by atoms with E-state index in [2.05, 4.69) is 25.8 Å². The summed E-state index contributed by atoms with van der Waals surface area (Å²) in [6, 6.07) is 11.0. The van der Waals surface area contributed by atoms with Crippen LogP contribution in [-0.4, -0.2) is 53.0 Å². The van der Waals surface area contributed by atoms with Crippen molar-refractivity contribution in [1.82, 2.24) is 25.2 Å². The Kier molecular flexibility index (Phi) is 9.12. The van der Waals surface area contributed by atoms with E-state index in [-0.39, 0.29) is 30.5 Å². The molecule has 0 saturated heterocycles. The standard InChI is InChI=1S/C20H26N6O3.HI/c1-4-21-20(23-13-19-25-24-18-7-5-6-8-26(18)19)22-12-17(27)14-9-15(28-2)11-16(10-14)29-3;/h5-11,17,27H,4,12-13H2,1-3H3,(H2,21,22,23);1H. The number of aliphatic imine (C=N–C) groups is 1. The zero-order valence-electron chi connectivity index (χ0n) is 17.2. The molecular weight excluding hydrogens is 499 g/mol. The third-order valence-electron chi connectivity index (χ3n) is 4.33. The van der Waals surface area contributed by atoms with Gasteiger partial charge in [0, 0.05) is 25.4 Å². The number of aliphatic hydroxyl groups is 1.